The highest BCUT2D eigenvalue weighted by Crippen LogP contribution is 2.46. The molecule has 41 heavy (non-hydrogen) atoms. The van der Waals surface area contributed by atoms with Gasteiger partial charge in [0.15, 0.2) is 23.1 Å². The first-order chi connectivity index (χ1) is 19.7. The molecule has 0 aliphatic heterocycles. The van der Waals surface area contributed by atoms with E-state index in [0.717, 1.165) is 6.07 Å². The van der Waals surface area contributed by atoms with Crippen LogP contribution in [0.15, 0.2) is 84.9 Å². The standard InChI is InChI=1S/C32H26O9/c1-2-3-17-40-32(39)23-24(26(34)19-11-6-4-7-12-19)28(36)29(37)30(41-31(38)20-13-8-5-9-14-20)25(23)27(35)21-15-10-16-22(33)18-21/h4-16,18,33,36-37H,2-3,17H2,1H3. The van der Waals surface area contributed by atoms with E-state index >= 15 is 0 Å². The molecule has 0 aliphatic rings. The summed E-state index contributed by atoms with van der Waals surface area (Å²) < 4.78 is 10.8. The summed E-state index contributed by atoms with van der Waals surface area (Å²) in [5, 5.41) is 32.2. The Morgan fingerprint density at radius 1 is 0.634 bits per heavy atom. The second-order valence-electron chi connectivity index (χ2n) is 8.97. The second-order valence-corrected chi connectivity index (χ2v) is 8.97. The topological polar surface area (TPSA) is 147 Å². The van der Waals surface area contributed by atoms with Crippen LogP contribution in [0, 0.1) is 0 Å². The van der Waals surface area contributed by atoms with Gasteiger partial charge in [-0.25, -0.2) is 9.59 Å². The van der Waals surface area contributed by atoms with Crippen LogP contribution in [-0.2, 0) is 4.74 Å². The largest absolute Gasteiger partial charge is 0.508 e. The zero-order valence-corrected chi connectivity index (χ0v) is 22.0. The van der Waals surface area contributed by atoms with Gasteiger partial charge < -0.3 is 24.8 Å². The molecule has 0 saturated carbocycles. The van der Waals surface area contributed by atoms with E-state index in [-0.39, 0.29) is 29.0 Å². The van der Waals surface area contributed by atoms with Gasteiger partial charge in [0.2, 0.25) is 5.75 Å². The molecule has 9 heteroatoms. The van der Waals surface area contributed by atoms with Crippen LogP contribution in [0.1, 0.15) is 72.3 Å². The number of ketones is 2. The number of ether oxygens (including phenoxy) is 2. The number of unbranched alkanes of at least 4 members (excludes halogenated alkanes) is 1. The number of hydrogen-bond acceptors (Lipinski definition) is 9. The van der Waals surface area contributed by atoms with Crippen molar-refractivity contribution in [3.8, 4) is 23.0 Å². The summed E-state index contributed by atoms with van der Waals surface area (Å²) in [6.45, 7) is 1.79. The molecule has 4 aromatic rings. The van der Waals surface area contributed by atoms with Gasteiger partial charge in [-0.3, -0.25) is 9.59 Å². The first-order valence-corrected chi connectivity index (χ1v) is 12.7. The molecule has 0 aliphatic carbocycles. The highest BCUT2D eigenvalue weighted by atomic mass is 16.5. The molecule has 0 atom stereocenters. The molecule has 0 saturated heterocycles. The number of carbonyl (C=O) groups excluding carboxylic acids is 4. The van der Waals surface area contributed by atoms with Crippen molar-refractivity contribution in [2.24, 2.45) is 0 Å². The molecule has 208 valence electrons. The van der Waals surface area contributed by atoms with E-state index in [1.807, 2.05) is 6.92 Å². The maximum Gasteiger partial charge on any atom is 0.343 e. The minimum Gasteiger partial charge on any atom is -0.508 e. The third kappa shape index (κ3) is 6.09. The third-order valence-corrected chi connectivity index (χ3v) is 6.14. The van der Waals surface area contributed by atoms with Crippen molar-refractivity contribution in [3.05, 3.63) is 118 Å². The average Bonchev–Trinajstić information content (AvgIpc) is 2.99. The summed E-state index contributed by atoms with van der Waals surface area (Å²) in [4.78, 5) is 54.2. The number of hydrogen-bond donors (Lipinski definition) is 3. The molecule has 0 spiro atoms. The minimum atomic E-state index is -1.16. The minimum absolute atomic E-state index is 0.0367. The van der Waals surface area contributed by atoms with E-state index < -0.39 is 57.4 Å². The van der Waals surface area contributed by atoms with E-state index in [9.17, 15) is 34.5 Å². The Labute approximate surface area is 235 Å². The van der Waals surface area contributed by atoms with Crippen molar-refractivity contribution in [2.45, 2.75) is 19.8 Å². The fraction of sp³-hybridized carbons (Fsp3) is 0.125. The van der Waals surface area contributed by atoms with Crippen molar-refractivity contribution >= 4 is 23.5 Å². The number of benzene rings is 4. The summed E-state index contributed by atoms with van der Waals surface area (Å²) >= 11 is 0. The van der Waals surface area contributed by atoms with E-state index in [1.54, 1.807) is 36.4 Å². The normalized spacial score (nSPS) is 10.6. The van der Waals surface area contributed by atoms with Crippen molar-refractivity contribution in [1.29, 1.82) is 0 Å². The van der Waals surface area contributed by atoms with Gasteiger partial charge in [-0.15, -0.1) is 0 Å². The number of phenolic OH excluding ortho intramolecular Hbond substituents is 3. The first kappa shape index (κ1) is 28.6. The highest BCUT2D eigenvalue weighted by Gasteiger charge is 2.37. The fourth-order valence-corrected chi connectivity index (χ4v) is 4.08. The van der Waals surface area contributed by atoms with Crippen LogP contribution in [0.25, 0.3) is 0 Å². The zero-order valence-electron chi connectivity index (χ0n) is 22.0. The summed E-state index contributed by atoms with van der Waals surface area (Å²) in [5.74, 6) is -7.38. The fourth-order valence-electron chi connectivity index (χ4n) is 4.08. The monoisotopic (exact) mass is 554 g/mol. The first-order valence-electron chi connectivity index (χ1n) is 12.7. The van der Waals surface area contributed by atoms with Gasteiger partial charge in [0.25, 0.3) is 0 Å². The molecule has 4 aromatic carbocycles. The lowest BCUT2D eigenvalue weighted by Gasteiger charge is -2.20. The molecule has 0 aromatic heterocycles. The lowest BCUT2D eigenvalue weighted by Crippen LogP contribution is -2.22. The van der Waals surface area contributed by atoms with E-state index in [4.69, 9.17) is 9.47 Å². The molecular formula is C32H26O9. The number of rotatable bonds is 10. The van der Waals surface area contributed by atoms with Crippen LogP contribution < -0.4 is 4.74 Å². The molecule has 0 unspecified atom stereocenters. The van der Waals surface area contributed by atoms with E-state index in [1.165, 1.54) is 42.5 Å². The number of phenols is 3. The van der Waals surface area contributed by atoms with Gasteiger partial charge in [-0.1, -0.05) is 74.0 Å². The Morgan fingerprint density at radius 3 is 1.83 bits per heavy atom. The molecule has 0 heterocycles. The number of esters is 2. The quantitative estimate of drug-likeness (QED) is 0.0766. The molecule has 0 amide bonds. The molecule has 9 nitrogen and oxygen atoms in total. The van der Waals surface area contributed by atoms with E-state index in [0.29, 0.717) is 12.8 Å². The Hall–Kier alpha value is -5.44. The molecule has 0 radical (unpaired) electrons. The highest BCUT2D eigenvalue weighted by molar-refractivity contribution is 6.24. The van der Waals surface area contributed by atoms with Crippen molar-refractivity contribution in [2.75, 3.05) is 6.61 Å². The van der Waals surface area contributed by atoms with Gasteiger partial charge in [0.05, 0.1) is 28.9 Å². The Balaban J connectivity index is 2.04. The molecule has 0 bridgehead atoms. The molecule has 4 rings (SSSR count). The summed E-state index contributed by atoms with van der Waals surface area (Å²) in [5.41, 5.74) is -2.19. The maximum atomic E-state index is 14.0. The van der Waals surface area contributed by atoms with Crippen molar-refractivity contribution in [1.82, 2.24) is 0 Å². The number of carbonyl (C=O) groups is 4. The Bertz CT molecular complexity index is 1610. The SMILES string of the molecule is CCCCOC(=O)c1c(C(=O)c2ccccc2)c(O)c(O)c(OC(=O)c2ccccc2)c1C(=O)c1cccc(O)c1. The van der Waals surface area contributed by atoms with Crippen LogP contribution in [0.4, 0.5) is 0 Å². The van der Waals surface area contributed by atoms with Gasteiger partial charge >= 0.3 is 11.9 Å². The van der Waals surface area contributed by atoms with Crippen molar-refractivity contribution < 1.29 is 44.0 Å². The van der Waals surface area contributed by atoms with Crippen molar-refractivity contribution in [3.63, 3.8) is 0 Å². The smallest absolute Gasteiger partial charge is 0.343 e. The molecule has 0 fully saturated rings. The zero-order chi connectivity index (χ0) is 29.5. The Kier molecular flexibility index (Phi) is 8.79. The van der Waals surface area contributed by atoms with E-state index in [2.05, 4.69) is 0 Å². The summed E-state index contributed by atoms with van der Waals surface area (Å²) in [7, 11) is 0. The van der Waals surface area contributed by atoms with Crippen LogP contribution in [0.3, 0.4) is 0 Å². The predicted octanol–water partition coefficient (Wildman–Crippen LogP) is 5.44. The predicted molar refractivity (Wildman–Crippen MR) is 148 cm³/mol. The lowest BCUT2D eigenvalue weighted by atomic mass is 9.88. The second kappa shape index (κ2) is 12.6. The number of aromatic hydroxyl groups is 3. The van der Waals surface area contributed by atoms with Gasteiger partial charge in [0.1, 0.15) is 5.75 Å². The Morgan fingerprint density at radius 2 is 1.22 bits per heavy atom. The van der Waals surface area contributed by atoms with Crippen LogP contribution in [0.5, 0.6) is 23.0 Å². The lowest BCUT2D eigenvalue weighted by molar-refractivity contribution is 0.0491. The molecule has 3 N–H and O–H groups in total. The summed E-state index contributed by atoms with van der Waals surface area (Å²) in [6.07, 6.45) is 1.13. The van der Waals surface area contributed by atoms with Gasteiger partial charge in [0, 0.05) is 11.1 Å². The van der Waals surface area contributed by atoms with Crippen LogP contribution in [-0.4, -0.2) is 45.4 Å². The van der Waals surface area contributed by atoms with Gasteiger partial charge in [-0.05, 0) is 30.7 Å². The maximum absolute atomic E-state index is 14.0. The van der Waals surface area contributed by atoms with Gasteiger partial charge in [-0.2, -0.15) is 0 Å². The third-order valence-electron chi connectivity index (χ3n) is 6.14. The summed E-state index contributed by atoms with van der Waals surface area (Å²) in [6, 6.07) is 20.3. The molecular weight excluding hydrogens is 528 g/mol. The van der Waals surface area contributed by atoms with Crippen LogP contribution in [0.2, 0.25) is 0 Å². The average molecular weight is 555 g/mol. The van der Waals surface area contributed by atoms with Crippen LogP contribution >= 0.6 is 0 Å².